The Balaban J connectivity index is 2.03. The smallest absolute Gasteiger partial charge is 0.224 e. The van der Waals surface area contributed by atoms with Crippen molar-refractivity contribution in [3.63, 3.8) is 0 Å². The number of anilines is 2. The molecule has 128 valence electrons. The van der Waals surface area contributed by atoms with Gasteiger partial charge >= 0.3 is 0 Å². The summed E-state index contributed by atoms with van der Waals surface area (Å²) < 4.78 is 13.9. The van der Waals surface area contributed by atoms with Crippen molar-refractivity contribution < 1.29 is 9.18 Å². The number of rotatable bonds is 2. The molecule has 0 fully saturated rings. The zero-order valence-corrected chi connectivity index (χ0v) is 14.2. The Morgan fingerprint density at radius 1 is 1.32 bits per heavy atom. The largest absolute Gasteiger partial charge is 0.362 e. The number of nitrogens with one attached hydrogen (secondary N) is 1. The predicted octanol–water partition coefficient (Wildman–Crippen LogP) is 3.03. The molecular formula is C18H18FN5O. The lowest BCUT2D eigenvalue weighted by Gasteiger charge is -2.43. The van der Waals surface area contributed by atoms with Gasteiger partial charge in [0.05, 0.1) is 18.4 Å². The fourth-order valence-electron chi connectivity index (χ4n) is 3.30. The van der Waals surface area contributed by atoms with Gasteiger partial charge in [0.15, 0.2) is 5.69 Å². The third-order valence-electron chi connectivity index (χ3n) is 4.69. The van der Waals surface area contributed by atoms with E-state index < -0.39 is 0 Å². The molecule has 3 atom stereocenters. The molecule has 6 nitrogen and oxygen atoms in total. The molecule has 7 heteroatoms. The molecule has 0 aliphatic carbocycles. The number of hydrogen-bond acceptors (Lipinski definition) is 5. The Morgan fingerprint density at radius 3 is 2.68 bits per heavy atom. The fraction of sp³-hybridized carbons (Fsp3) is 0.333. The highest BCUT2D eigenvalue weighted by atomic mass is 19.1. The molecule has 0 saturated carbocycles. The second kappa shape index (κ2) is 6.48. The maximum Gasteiger partial charge on any atom is 0.224 e. The summed E-state index contributed by atoms with van der Waals surface area (Å²) in [7, 11) is 0. The van der Waals surface area contributed by atoms with Crippen LogP contribution in [0, 0.1) is 23.1 Å². The summed E-state index contributed by atoms with van der Waals surface area (Å²) in [5.74, 6) is 0.0655. The third kappa shape index (κ3) is 3.03. The van der Waals surface area contributed by atoms with E-state index in [0.29, 0.717) is 17.1 Å². The molecule has 2 unspecified atom stereocenters. The molecule has 1 N–H and O–H groups in total. The van der Waals surface area contributed by atoms with Crippen LogP contribution in [0.25, 0.3) is 0 Å². The number of carbonyl (C=O) groups is 1. The summed E-state index contributed by atoms with van der Waals surface area (Å²) in [5.41, 5.74) is 1.62. The van der Waals surface area contributed by atoms with Crippen molar-refractivity contribution in [3.05, 3.63) is 47.7 Å². The minimum Gasteiger partial charge on any atom is -0.362 e. The van der Waals surface area contributed by atoms with E-state index in [9.17, 15) is 9.18 Å². The van der Waals surface area contributed by atoms with E-state index >= 15 is 0 Å². The maximum absolute atomic E-state index is 13.9. The highest BCUT2D eigenvalue weighted by Gasteiger charge is 2.38. The first kappa shape index (κ1) is 16.8. The summed E-state index contributed by atoms with van der Waals surface area (Å²) in [6.07, 6.45) is 2.86. The molecule has 25 heavy (non-hydrogen) atoms. The number of nitrogens with zero attached hydrogens (tertiary/aromatic N) is 4. The number of benzene rings is 1. The first-order valence-electron chi connectivity index (χ1n) is 8.00. The summed E-state index contributed by atoms with van der Waals surface area (Å²) >= 11 is 0. The zero-order chi connectivity index (χ0) is 18.1. The first-order valence-corrected chi connectivity index (χ1v) is 8.00. The molecule has 1 aliphatic rings. The Morgan fingerprint density at radius 2 is 2.08 bits per heavy atom. The Kier molecular flexibility index (Phi) is 4.36. The van der Waals surface area contributed by atoms with Gasteiger partial charge in [-0.3, -0.25) is 4.79 Å². The van der Waals surface area contributed by atoms with Crippen molar-refractivity contribution in [1.82, 2.24) is 9.97 Å². The van der Waals surface area contributed by atoms with Crippen molar-refractivity contribution in [2.75, 3.05) is 10.2 Å². The lowest BCUT2D eigenvalue weighted by Crippen LogP contribution is -2.48. The molecule has 1 aromatic carbocycles. The summed E-state index contributed by atoms with van der Waals surface area (Å²) in [6.45, 7) is 5.48. The van der Waals surface area contributed by atoms with Crippen LogP contribution in [0.3, 0.4) is 0 Å². The maximum atomic E-state index is 13.9. The molecule has 0 bridgehead atoms. The average molecular weight is 339 g/mol. The number of nitriles is 1. The van der Waals surface area contributed by atoms with Gasteiger partial charge in [-0.15, -0.1) is 0 Å². The van der Waals surface area contributed by atoms with Crippen molar-refractivity contribution in [2.24, 2.45) is 5.92 Å². The summed E-state index contributed by atoms with van der Waals surface area (Å²) in [5, 5.41) is 12.1. The number of halogens is 1. The molecule has 1 aliphatic heterocycles. The number of fused-ring (bicyclic) bond motifs is 1. The zero-order valence-electron chi connectivity index (χ0n) is 14.2. The SMILES string of the molecule is CC(=O)N1c2ccc(F)cc2C(Nc2cnc(C#N)cn2)C(C)[C@@H]1C. The molecule has 2 aromatic rings. The molecule has 1 aromatic heterocycles. The van der Waals surface area contributed by atoms with E-state index in [-0.39, 0.29) is 35.4 Å². The Labute approximate surface area is 145 Å². The van der Waals surface area contributed by atoms with Gasteiger partial charge in [0.2, 0.25) is 5.91 Å². The topological polar surface area (TPSA) is 81.9 Å². The number of aromatic nitrogens is 2. The quantitative estimate of drug-likeness (QED) is 0.909. The van der Waals surface area contributed by atoms with Crippen LogP contribution in [-0.2, 0) is 4.79 Å². The second-order valence-corrected chi connectivity index (χ2v) is 6.21. The van der Waals surface area contributed by atoms with Crippen LogP contribution in [-0.4, -0.2) is 21.9 Å². The van der Waals surface area contributed by atoms with E-state index in [1.54, 1.807) is 11.0 Å². The molecule has 2 heterocycles. The number of hydrogen-bond donors (Lipinski definition) is 1. The monoisotopic (exact) mass is 339 g/mol. The molecule has 0 radical (unpaired) electrons. The van der Waals surface area contributed by atoms with Gasteiger partial charge in [-0.05, 0) is 25.1 Å². The number of carbonyl (C=O) groups excluding carboxylic acids is 1. The van der Waals surface area contributed by atoms with Crippen LogP contribution in [0.1, 0.15) is 38.1 Å². The summed E-state index contributed by atoms with van der Waals surface area (Å²) in [6, 6.07) is 6.05. The summed E-state index contributed by atoms with van der Waals surface area (Å²) in [4.78, 5) is 22.0. The normalized spacial score (nSPS) is 22.0. The van der Waals surface area contributed by atoms with Crippen molar-refractivity contribution in [2.45, 2.75) is 32.9 Å². The van der Waals surface area contributed by atoms with Gasteiger partial charge in [0.25, 0.3) is 0 Å². The molecule has 0 spiro atoms. The number of amides is 1. The Hall–Kier alpha value is -3.01. The van der Waals surface area contributed by atoms with Crippen molar-refractivity contribution in [3.8, 4) is 6.07 Å². The van der Waals surface area contributed by atoms with E-state index in [4.69, 9.17) is 5.26 Å². The van der Waals surface area contributed by atoms with Crippen LogP contribution in [0.2, 0.25) is 0 Å². The van der Waals surface area contributed by atoms with Gasteiger partial charge in [-0.25, -0.2) is 14.4 Å². The van der Waals surface area contributed by atoms with Crippen LogP contribution in [0.5, 0.6) is 0 Å². The average Bonchev–Trinajstić information content (AvgIpc) is 2.60. The predicted molar refractivity (Wildman–Crippen MR) is 91.3 cm³/mol. The highest BCUT2D eigenvalue weighted by Crippen LogP contribution is 2.42. The van der Waals surface area contributed by atoms with Crippen LogP contribution >= 0.6 is 0 Å². The lowest BCUT2D eigenvalue weighted by atomic mass is 9.82. The van der Waals surface area contributed by atoms with Gasteiger partial charge < -0.3 is 10.2 Å². The van der Waals surface area contributed by atoms with E-state index in [0.717, 1.165) is 0 Å². The van der Waals surface area contributed by atoms with E-state index in [2.05, 4.69) is 15.3 Å². The van der Waals surface area contributed by atoms with Crippen molar-refractivity contribution in [1.29, 1.82) is 5.26 Å². The second-order valence-electron chi connectivity index (χ2n) is 6.21. The van der Waals surface area contributed by atoms with Gasteiger partial charge in [0, 0.05) is 30.1 Å². The van der Waals surface area contributed by atoms with Crippen LogP contribution in [0.15, 0.2) is 30.6 Å². The minimum atomic E-state index is -0.360. The highest BCUT2D eigenvalue weighted by molar-refractivity contribution is 5.93. The Bertz CT molecular complexity index is 846. The van der Waals surface area contributed by atoms with Crippen LogP contribution in [0.4, 0.5) is 15.9 Å². The first-order chi connectivity index (χ1) is 11.9. The fourth-order valence-corrected chi connectivity index (χ4v) is 3.30. The van der Waals surface area contributed by atoms with Crippen LogP contribution < -0.4 is 10.2 Å². The van der Waals surface area contributed by atoms with Gasteiger partial charge in [0.1, 0.15) is 17.7 Å². The lowest BCUT2D eigenvalue weighted by molar-refractivity contribution is -0.117. The standard InChI is InChI=1S/C18H18FN5O/c1-10-11(2)24(12(3)25)16-5-4-13(19)6-15(16)18(10)23-17-9-21-14(7-20)8-22-17/h4-6,8-11,18H,1-3H3,(H,22,23)/t10?,11-,18?/m0/s1. The molecule has 3 rings (SSSR count). The molecular weight excluding hydrogens is 321 g/mol. The van der Waals surface area contributed by atoms with E-state index in [1.165, 1.54) is 31.5 Å². The molecule has 0 saturated heterocycles. The molecule has 1 amide bonds. The van der Waals surface area contributed by atoms with Crippen molar-refractivity contribution >= 4 is 17.4 Å². The third-order valence-corrected chi connectivity index (χ3v) is 4.69. The minimum absolute atomic E-state index is 0.00985. The van der Waals surface area contributed by atoms with Gasteiger partial charge in [-0.2, -0.15) is 5.26 Å². The van der Waals surface area contributed by atoms with E-state index in [1.807, 2.05) is 19.9 Å². The van der Waals surface area contributed by atoms with Gasteiger partial charge in [-0.1, -0.05) is 6.92 Å².